The molecule has 182 valence electrons. The fourth-order valence-electron chi connectivity index (χ4n) is 6.00. The minimum absolute atomic E-state index is 0.0721. The highest BCUT2D eigenvalue weighted by Gasteiger charge is 2.44. The van der Waals surface area contributed by atoms with Crippen LogP contribution in [0.5, 0.6) is 5.75 Å². The summed E-state index contributed by atoms with van der Waals surface area (Å²) in [7, 11) is -3.86. The summed E-state index contributed by atoms with van der Waals surface area (Å²) in [5, 5.41) is 16.6. The number of aliphatic hydroxyl groups is 1. The molecule has 0 aromatic heterocycles. The number of primary sulfonamides is 1. The van der Waals surface area contributed by atoms with Crippen LogP contribution in [0.1, 0.15) is 36.8 Å². The van der Waals surface area contributed by atoms with Crippen molar-refractivity contribution in [2.24, 2.45) is 17.0 Å². The standard InChI is InChI=1S/C26H31ClN2O4S/c1-2-24(30)21-8-5-18(21)14-29-15-26(11-3-4-17-12-19(27)6-9-22(17)26)16-33-25-10-7-20(13-23(25)29)34(28,31)32/h2,6-7,9-10,12-13,18,21,24,30H,1,3-5,8,11,14-16H2,(H2,28,31,32)/t18-,21+,24?,26-/m0/s1. The Kier molecular flexibility index (Phi) is 6.17. The average molecular weight is 503 g/mol. The molecule has 1 fully saturated rings. The number of nitrogens with two attached hydrogens (primary N) is 1. The minimum atomic E-state index is -3.86. The quantitative estimate of drug-likeness (QED) is 0.602. The predicted octanol–water partition coefficient (Wildman–Crippen LogP) is 4.03. The van der Waals surface area contributed by atoms with Crippen LogP contribution >= 0.6 is 11.6 Å². The zero-order valence-corrected chi connectivity index (χ0v) is 20.7. The van der Waals surface area contributed by atoms with Crippen molar-refractivity contribution in [1.29, 1.82) is 0 Å². The van der Waals surface area contributed by atoms with E-state index in [9.17, 15) is 13.5 Å². The van der Waals surface area contributed by atoms with E-state index in [1.165, 1.54) is 17.2 Å². The molecule has 4 atom stereocenters. The van der Waals surface area contributed by atoms with Crippen LogP contribution in [-0.4, -0.2) is 39.3 Å². The molecule has 5 rings (SSSR count). The van der Waals surface area contributed by atoms with Crippen molar-refractivity contribution in [3.63, 3.8) is 0 Å². The third-order valence-corrected chi connectivity index (χ3v) is 9.09. The Morgan fingerprint density at radius 2 is 2.12 bits per heavy atom. The summed E-state index contributed by atoms with van der Waals surface area (Å²) in [6, 6.07) is 11.0. The first-order chi connectivity index (χ1) is 16.2. The zero-order valence-electron chi connectivity index (χ0n) is 19.1. The minimum Gasteiger partial charge on any atom is -0.490 e. The summed E-state index contributed by atoms with van der Waals surface area (Å²) in [5.74, 6) is 1.09. The van der Waals surface area contributed by atoms with Crippen molar-refractivity contribution >= 4 is 27.3 Å². The highest BCUT2D eigenvalue weighted by atomic mass is 35.5. The first kappa shape index (κ1) is 23.7. The maximum absolute atomic E-state index is 12.1. The van der Waals surface area contributed by atoms with E-state index in [2.05, 4.69) is 23.6 Å². The topological polar surface area (TPSA) is 92.9 Å². The van der Waals surface area contributed by atoms with Gasteiger partial charge < -0.3 is 14.7 Å². The summed E-state index contributed by atoms with van der Waals surface area (Å²) in [4.78, 5) is 2.33. The number of halogens is 1. The number of hydrogen-bond acceptors (Lipinski definition) is 5. The number of aliphatic hydroxyl groups excluding tert-OH is 1. The molecule has 1 aliphatic heterocycles. The van der Waals surface area contributed by atoms with Gasteiger partial charge in [0, 0.05) is 23.5 Å². The number of sulfonamides is 1. The third kappa shape index (κ3) is 4.24. The molecule has 1 saturated carbocycles. The maximum atomic E-state index is 12.1. The molecule has 1 heterocycles. The number of anilines is 1. The molecule has 6 nitrogen and oxygen atoms in total. The lowest BCUT2D eigenvalue weighted by molar-refractivity contribution is 0.0460. The van der Waals surface area contributed by atoms with Gasteiger partial charge in [-0.2, -0.15) is 0 Å². The molecule has 0 amide bonds. The van der Waals surface area contributed by atoms with Gasteiger partial charge in [-0.3, -0.25) is 0 Å². The number of hydrogen-bond donors (Lipinski definition) is 2. The van der Waals surface area contributed by atoms with Gasteiger partial charge in [0.2, 0.25) is 10.0 Å². The van der Waals surface area contributed by atoms with Crippen molar-refractivity contribution < 1.29 is 18.3 Å². The largest absolute Gasteiger partial charge is 0.490 e. The van der Waals surface area contributed by atoms with Gasteiger partial charge in [-0.05, 0) is 85.4 Å². The van der Waals surface area contributed by atoms with E-state index < -0.39 is 16.1 Å². The monoisotopic (exact) mass is 502 g/mol. The van der Waals surface area contributed by atoms with Gasteiger partial charge in [-0.15, -0.1) is 6.58 Å². The van der Waals surface area contributed by atoms with Crippen LogP contribution in [-0.2, 0) is 21.9 Å². The lowest BCUT2D eigenvalue weighted by Crippen LogP contribution is -2.49. The Bertz CT molecular complexity index is 1220. The average Bonchev–Trinajstić information content (AvgIpc) is 2.93. The molecular weight excluding hydrogens is 472 g/mol. The summed E-state index contributed by atoms with van der Waals surface area (Å²) >= 11 is 6.31. The number of ether oxygens (including phenoxy) is 1. The Hall–Kier alpha value is -2.06. The van der Waals surface area contributed by atoms with E-state index in [1.807, 2.05) is 6.07 Å². The summed E-state index contributed by atoms with van der Waals surface area (Å²) in [6.45, 7) is 5.65. The lowest BCUT2D eigenvalue weighted by Gasteiger charge is -2.45. The first-order valence-corrected chi connectivity index (χ1v) is 13.8. The molecule has 0 bridgehead atoms. The molecule has 8 heteroatoms. The predicted molar refractivity (Wildman–Crippen MR) is 134 cm³/mol. The summed E-state index contributed by atoms with van der Waals surface area (Å²) in [5.41, 5.74) is 3.00. The van der Waals surface area contributed by atoms with E-state index in [1.54, 1.807) is 18.2 Å². The summed E-state index contributed by atoms with van der Waals surface area (Å²) in [6.07, 6.45) is 6.02. The van der Waals surface area contributed by atoms with E-state index in [-0.39, 0.29) is 22.1 Å². The molecule has 0 saturated heterocycles. The van der Waals surface area contributed by atoms with Gasteiger partial charge in [0.15, 0.2) is 0 Å². The highest BCUT2D eigenvalue weighted by molar-refractivity contribution is 7.89. The van der Waals surface area contributed by atoms with Gasteiger partial charge in [-0.1, -0.05) is 23.7 Å². The second-order valence-electron chi connectivity index (χ2n) is 10.0. The molecule has 1 spiro atoms. The molecule has 3 aliphatic rings. The Labute approximate surface area is 206 Å². The smallest absolute Gasteiger partial charge is 0.238 e. The van der Waals surface area contributed by atoms with E-state index in [0.717, 1.165) is 42.8 Å². The Morgan fingerprint density at radius 3 is 2.82 bits per heavy atom. The van der Waals surface area contributed by atoms with Crippen molar-refractivity contribution in [3.8, 4) is 5.75 Å². The zero-order chi connectivity index (χ0) is 24.1. The molecule has 2 aliphatic carbocycles. The third-order valence-electron chi connectivity index (χ3n) is 7.95. The number of nitrogens with zero attached hydrogens (tertiary/aromatic N) is 1. The van der Waals surface area contributed by atoms with E-state index in [4.69, 9.17) is 21.5 Å². The van der Waals surface area contributed by atoms with Crippen molar-refractivity contribution in [3.05, 3.63) is 65.2 Å². The van der Waals surface area contributed by atoms with E-state index in [0.29, 0.717) is 25.4 Å². The highest BCUT2D eigenvalue weighted by Crippen LogP contribution is 2.46. The molecule has 3 N–H and O–H groups in total. The first-order valence-electron chi connectivity index (χ1n) is 11.8. The number of fused-ring (bicyclic) bond motifs is 3. The summed E-state index contributed by atoms with van der Waals surface area (Å²) < 4.78 is 30.6. The van der Waals surface area contributed by atoms with Crippen molar-refractivity contribution in [1.82, 2.24) is 0 Å². The SMILES string of the molecule is C=CC(O)[C@@H]1CC[C@H]1CN1C[C@@]2(CCCc3cc(Cl)ccc32)COc2ccc(S(N)(=O)=O)cc21. The van der Waals surface area contributed by atoms with Gasteiger partial charge >= 0.3 is 0 Å². The lowest BCUT2D eigenvalue weighted by atomic mass is 9.68. The van der Waals surface area contributed by atoms with E-state index >= 15 is 0 Å². The van der Waals surface area contributed by atoms with Crippen LogP contribution < -0.4 is 14.8 Å². The van der Waals surface area contributed by atoms with Gasteiger partial charge in [-0.25, -0.2) is 13.6 Å². The number of rotatable bonds is 5. The van der Waals surface area contributed by atoms with Crippen molar-refractivity contribution in [2.45, 2.75) is 48.5 Å². The number of aryl methyl sites for hydroxylation is 1. The van der Waals surface area contributed by atoms with Crippen LogP contribution in [0.25, 0.3) is 0 Å². The van der Waals surface area contributed by atoms with Crippen LogP contribution in [0.4, 0.5) is 5.69 Å². The second kappa shape index (κ2) is 8.86. The molecule has 0 radical (unpaired) electrons. The van der Waals surface area contributed by atoms with Gasteiger partial charge in [0.25, 0.3) is 0 Å². The van der Waals surface area contributed by atoms with Crippen molar-refractivity contribution in [2.75, 3.05) is 24.6 Å². The van der Waals surface area contributed by atoms with Crippen LogP contribution in [0.3, 0.4) is 0 Å². The van der Waals surface area contributed by atoms with Gasteiger partial charge in [0.05, 0.1) is 23.3 Å². The maximum Gasteiger partial charge on any atom is 0.238 e. The van der Waals surface area contributed by atoms with Crippen LogP contribution in [0, 0.1) is 11.8 Å². The Morgan fingerprint density at radius 1 is 1.29 bits per heavy atom. The fraction of sp³-hybridized carbons (Fsp3) is 0.462. The number of benzene rings is 2. The molecule has 2 aromatic rings. The molecule has 1 unspecified atom stereocenters. The fourth-order valence-corrected chi connectivity index (χ4v) is 6.73. The van der Waals surface area contributed by atoms with Gasteiger partial charge in [0.1, 0.15) is 5.75 Å². The molecule has 34 heavy (non-hydrogen) atoms. The van der Waals surface area contributed by atoms with Crippen LogP contribution in [0.2, 0.25) is 5.02 Å². The van der Waals surface area contributed by atoms with Crippen LogP contribution in [0.15, 0.2) is 53.9 Å². The normalized spacial score (nSPS) is 27.1. The second-order valence-corrected chi connectivity index (χ2v) is 12.0. The molecule has 2 aromatic carbocycles. The molecular formula is C26H31ClN2O4S. The Balaban J connectivity index is 1.57.